The van der Waals surface area contributed by atoms with Crippen LogP contribution in [0.3, 0.4) is 0 Å². The van der Waals surface area contributed by atoms with Crippen molar-refractivity contribution in [3.63, 3.8) is 0 Å². The van der Waals surface area contributed by atoms with E-state index in [4.69, 9.17) is 52.6 Å². The van der Waals surface area contributed by atoms with Crippen molar-refractivity contribution in [3.8, 4) is 0 Å². The number of nitrogens with two attached hydrogens (primary N) is 1. The lowest BCUT2D eigenvalue weighted by atomic mass is 9.85. The third-order valence-electron chi connectivity index (χ3n) is 8.66. The van der Waals surface area contributed by atoms with E-state index >= 15 is 0 Å². The van der Waals surface area contributed by atoms with Crippen molar-refractivity contribution in [2.45, 2.75) is 43.7 Å². The number of amides is 5. The van der Waals surface area contributed by atoms with Crippen molar-refractivity contribution in [3.05, 3.63) is 63.1 Å². The highest BCUT2D eigenvalue weighted by Crippen LogP contribution is 2.38. The molecule has 0 unspecified atom stereocenters. The summed E-state index contributed by atoms with van der Waals surface area (Å²) in [5.41, 5.74) is 7.44. The maximum absolute atomic E-state index is 13.1. The zero-order valence-electron chi connectivity index (χ0n) is 35.0. The summed E-state index contributed by atoms with van der Waals surface area (Å²) in [6, 6.07) is 9.63. The average molecular weight is 906 g/mol. The Morgan fingerprint density at radius 3 is 1.92 bits per heavy atom. The zero-order chi connectivity index (χ0) is 44.0. The van der Waals surface area contributed by atoms with Crippen LogP contribution < -0.4 is 31.7 Å². The molecule has 7 N–H and O–H groups in total. The molecular formula is C39H62Cl2N8O10S. The number of ether oxygens (including phenoxy) is 5. The average Bonchev–Trinajstić information content (AvgIpc) is 3.18. The predicted molar refractivity (Wildman–Crippen MR) is 229 cm³/mol. The number of sulfonamides is 1. The molecule has 0 fully saturated rings. The first-order valence-electron chi connectivity index (χ1n) is 19.9. The van der Waals surface area contributed by atoms with E-state index in [0.717, 1.165) is 16.7 Å². The first kappa shape index (κ1) is 50.9. The SMILES string of the molecule is CN1Cc2c(Cl)cc(Cl)cc2[C@H](c2cccc(S(=O)(=O)NCCOCCOCCNC(=O)NCCN(CCNC(=O)NCCOCCOCCN)C(=O)OC(C)(C)C)c2)C1. The second-order valence-corrected chi connectivity index (χ2v) is 17.4. The maximum Gasteiger partial charge on any atom is 0.410 e. The first-order valence-corrected chi connectivity index (χ1v) is 22.1. The third-order valence-corrected chi connectivity index (χ3v) is 10.7. The number of urea groups is 2. The van der Waals surface area contributed by atoms with E-state index < -0.39 is 33.8 Å². The van der Waals surface area contributed by atoms with Gasteiger partial charge < -0.3 is 60.5 Å². The lowest BCUT2D eigenvalue weighted by molar-refractivity contribution is 0.0255. The van der Waals surface area contributed by atoms with Crippen molar-refractivity contribution in [2.24, 2.45) is 5.73 Å². The number of halogens is 2. The summed E-state index contributed by atoms with van der Waals surface area (Å²) in [5.74, 6) is -0.0993. The Balaban J connectivity index is 1.27. The Morgan fingerprint density at radius 2 is 1.35 bits per heavy atom. The quantitative estimate of drug-likeness (QED) is 0.0751. The Bertz CT molecular complexity index is 1760. The predicted octanol–water partition coefficient (Wildman–Crippen LogP) is 2.71. The van der Waals surface area contributed by atoms with Gasteiger partial charge in [-0.15, -0.1) is 0 Å². The largest absolute Gasteiger partial charge is 0.444 e. The fourth-order valence-electron chi connectivity index (χ4n) is 5.92. The summed E-state index contributed by atoms with van der Waals surface area (Å²) in [6.07, 6.45) is -0.581. The molecule has 21 heteroatoms. The van der Waals surface area contributed by atoms with Crippen LogP contribution in [0.1, 0.15) is 43.4 Å². The van der Waals surface area contributed by atoms with Gasteiger partial charge in [-0.05, 0) is 68.8 Å². The monoisotopic (exact) mass is 904 g/mol. The Morgan fingerprint density at radius 1 is 0.800 bits per heavy atom. The molecule has 60 heavy (non-hydrogen) atoms. The second kappa shape index (κ2) is 26.8. The minimum absolute atomic E-state index is 0.0646. The number of fused-ring (bicyclic) bond motifs is 1. The van der Waals surface area contributed by atoms with Crippen molar-refractivity contribution < 1.29 is 46.5 Å². The Hall–Kier alpha value is -3.50. The van der Waals surface area contributed by atoms with Gasteiger partial charge in [0.25, 0.3) is 0 Å². The standard InChI is InChI=1S/C39H62Cl2N8O10S/c1-39(2,3)59-38(52)49(14-9-43-36(50)45-11-17-56-21-20-55-16-8-42)15-10-44-37(51)46-12-18-57-22-23-58-19-13-47-60(53,54)31-7-5-6-29(24-31)33-27-48(4)28-34-32(33)25-30(40)26-35(34)41/h5-7,24-26,33,47H,8-23,27-28,42H2,1-4H3,(H2,43,45,50)(H2,44,46,51)/t33-/m0/s1. The van der Waals surface area contributed by atoms with Gasteiger partial charge in [0.15, 0.2) is 0 Å². The molecule has 1 atom stereocenters. The van der Waals surface area contributed by atoms with Gasteiger partial charge in [-0.2, -0.15) is 0 Å². The minimum atomic E-state index is -3.80. The Kier molecular flexibility index (Phi) is 22.7. The number of benzene rings is 2. The number of carbonyl (C=O) groups excluding carboxylic acids is 3. The topological polar surface area (TPSA) is 224 Å². The minimum Gasteiger partial charge on any atom is -0.444 e. The van der Waals surface area contributed by atoms with E-state index in [1.807, 2.05) is 19.2 Å². The normalized spacial score (nSPS) is 14.3. The summed E-state index contributed by atoms with van der Waals surface area (Å²) in [4.78, 5) is 40.9. The van der Waals surface area contributed by atoms with E-state index in [1.54, 1.807) is 45.0 Å². The summed E-state index contributed by atoms with van der Waals surface area (Å²) in [7, 11) is -1.81. The highest BCUT2D eigenvalue weighted by atomic mass is 35.5. The number of likely N-dealkylation sites (N-methyl/N-ethyl adjacent to an activating group) is 1. The molecule has 0 bridgehead atoms. The van der Waals surface area contributed by atoms with Gasteiger partial charge in [0.05, 0.1) is 57.8 Å². The summed E-state index contributed by atoms with van der Waals surface area (Å²) in [5, 5.41) is 11.8. The van der Waals surface area contributed by atoms with E-state index in [-0.39, 0.29) is 76.5 Å². The molecule has 2 aromatic carbocycles. The fraction of sp³-hybridized carbons (Fsp3) is 0.615. The molecule has 338 valence electrons. The molecule has 0 saturated carbocycles. The summed E-state index contributed by atoms with van der Waals surface area (Å²) < 4.78 is 55.9. The van der Waals surface area contributed by atoms with Gasteiger partial charge in [-0.3, -0.25) is 0 Å². The van der Waals surface area contributed by atoms with Crippen LogP contribution in [0.5, 0.6) is 0 Å². The van der Waals surface area contributed by atoms with Gasteiger partial charge in [-0.25, -0.2) is 27.5 Å². The van der Waals surface area contributed by atoms with E-state index in [2.05, 4.69) is 30.9 Å². The molecule has 1 aliphatic rings. The van der Waals surface area contributed by atoms with Crippen molar-refractivity contribution >= 4 is 51.4 Å². The third kappa shape index (κ3) is 19.5. The molecule has 5 amide bonds. The molecule has 1 aliphatic heterocycles. The molecule has 0 spiro atoms. The number of nitrogens with one attached hydrogen (secondary N) is 5. The van der Waals surface area contributed by atoms with Crippen LogP contribution in [0.15, 0.2) is 41.3 Å². The molecule has 18 nitrogen and oxygen atoms in total. The highest BCUT2D eigenvalue weighted by molar-refractivity contribution is 7.89. The zero-order valence-corrected chi connectivity index (χ0v) is 37.3. The molecule has 0 saturated heterocycles. The van der Waals surface area contributed by atoms with Crippen LogP contribution in [0, 0.1) is 0 Å². The van der Waals surface area contributed by atoms with Crippen LogP contribution in [0.4, 0.5) is 14.4 Å². The van der Waals surface area contributed by atoms with Crippen LogP contribution in [0.2, 0.25) is 10.0 Å². The fourth-order valence-corrected chi connectivity index (χ4v) is 7.55. The van der Waals surface area contributed by atoms with Crippen molar-refractivity contribution in [2.75, 3.05) is 119 Å². The molecular weight excluding hydrogens is 843 g/mol. The molecule has 1 heterocycles. The van der Waals surface area contributed by atoms with Crippen LogP contribution in [-0.4, -0.2) is 161 Å². The lowest BCUT2D eigenvalue weighted by Gasteiger charge is -2.33. The number of carbonyl (C=O) groups is 3. The van der Waals surface area contributed by atoms with E-state index in [1.165, 1.54) is 4.90 Å². The maximum atomic E-state index is 13.1. The second-order valence-electron chi connectivity index (χ2n) is 14.7. The molecule has 0 aliphatic carbocycles. The first-order chi connectivity index (χ1) is 28.6. The van der Waals surface area contributed by atoms with Crippen LogP contribution >= 0.6 is 23.2 Å². The number of hydrogen-bond donors (Lipinski definition) is 6. The van der Waals surface area contributed by atoms with E-state index in [9.17, 15) is 22.8 Å². The van der Waals surface area contributed by atoms with Gasteiger partial charge in [-0.1, -0.05) is 35.3 Å². The molecule has 0 radical (unpaired) electrons. The van der Waals surface area contributed by atoms with Crippen LogP contribution in [0.25, 0.3) is 0 Å². The van der Waals surface area contributed by atoms with Crippen molar-refractivity contribution in [1.29, 1.82) is 0 Å². The smallest absolute Gasteiger partial charge is 0.410 e. The highest BCUT2D eigenvalue weighted by Gasteiger charge is 2.28. The van der Waals surface area contributed by atoms with Gasteiger partial charge in [0.1, 0.15) is 5.60 Å². The van der Waals surface area contributed by atoms with Gasteiger partial charge in [0.2, 0.25) is 10.0 Å². The summed E-state index contributed by atoms with van der Waals surface area (Å²) >= 11 is 12.8. The number of hydrogen-bond acceptors (Lipinski definition) is 12. The molecule has 3 rings (SSSR count). The Labute approximate surface area is 363 Å². The summed E-state index contributed by atoms with van der Waals surface area (Å²) in [6.45, 7) is 10.6. The lowest BCUT2D eigenvalue weighted by Crippen LogP contribution is -2.47. The molecule has 0 aromatic heterocycles. The van der Waals surface area contributed by atoms with Gasteiger partial charge >= 0.3 is 18.2 Å². The number of rotatable bonds is 26. The number of nitrogens with zero attached hydrogens (tertiary/aromatic N) is 2. The molecule has 2 aromatic rings. The van der Waals surface area contributed by atoms with Gasteiger partial charge in [0, 0.05) is 81.4 Å². The van der Waals surface area contributed by atoms with E-state index in [0.29, 0.717) is 62.7 Å². The van der Waals surface area contributed by atoms with Crippen molar-refractivity contribution in [1.82, 2.24) is 35.8 Å². The van der Waals surface area contributed by atoms with Crippen LogP contribution in [-0.2, 0) is 40.3 Å².